The topological polar surface area (TPSA) is 82.3 Å². The summed E-state index contributed by atoms with van der Waals surface area (Å²) in [7, 11) is -1.41. The van der Waals surface area contributed by atoms with Crippen molar-refractivity contribution in [2.24, 2.45) is 0 Å². The number of pyridine rings is 2. The van der Waals surface area contributed by atoms with Crippen LogP contribution in [0.3, 0.4) is 0 Å². The molecule has 0 fully saturated rings. The summed E-state index contributed by atoms with van der Waals surface area (Å²) in [5.74, 6) is 7.81. The van der Waals surface area contributed by atoms with Crippen molar-refractivity contribution in [1.82, 2.24) is 29.9 Å². The molecule has 0 unspecified atom stereocenters. The predicted molar refractivity (Wildman–Crippen MR) is 154 cm³/mol. The van der Waals surface area contributed by atoms with E-state index in [0.717, 1.165) is 55.7 Å². The molecule has 184 valence electrons. The highest BCUT2D eigenvalue weighted by atomic mass is 32.2. The van der Waals surface area contributed by atoms with Crippen LogP contribution < -0.4 is 4.72 Å². The van der Waals surface area contributed by atoms with Gasteiger partial charge in [-0.1, -0.05) is 29.9 Å². The summed E-state index contributed by atoms with van der Waals surface area (Å²) in [6.45, 7) is 0.501. The van der Waals surface area contributed by atoms with Crippen molar-refractivity contribution in [3.05, 3.63) is 90.4 Å². The smallest absolute Gasteiger partial charge is 0.135 e. The summed E-state index contributed by atoms with van der Waals surface area (Å²) in [6.07, 6.45) is 3.71. The summed E-state index contributed by atoms with van der Waals surface area (Å²) in [5.41, 5.74) is 8.21. The fourth-order valence-corrected chi connectivity index (χ4v) is 4.96. The number of aromatic nitrogens is 5. The molecule has 37 heavy (non-hydrogen) atoms. The van der Waals surface area contributed by atoms with Gasteiger partial charge in [-0.2, -0.15) is 14.5 Å². The van der Waals surface area contributed by atoms with Gasteiger partial charge in [0.05, 0.1) is 22.6 Å². The van der Waals surface area contributed by atoms with E-state index in [-0.39, 0.29) is 5.82 Å². The second-order valence-electron chi connectivity index (χ2n) is 9.27. The number of rotatable bonds is 6. The molecule has 0 saturated heterocycles. The van der Waals surface area contributed by atoms with Crippen LogP contribution in [0.2, 0.25) is 0 Å². The second kappa shape index (κ2) is 8.99. The number of nitrogens with one attached hydrogen (secondary N) is 3. The first kappa shape index (κ1) is 23.1. The first-order valence-electron chi connectivity index (χ1n) is 11.7. The Morgan fingerprint density at radius 1 is 0.946 bits per heavy atom. The molecule has 4 heterocycles. The fourth-order valence-electron chi connectivity index (χ4n) is 4.44. The first-order valence-corrected chi connectivity index (χ1v) is 14.1. The zero-order valence-electron chi connectivity index (χ0n) is 20.3. The summed E-state index contributed by atoms with van der Waals surface area (Å²) in [5, 5.41) is 8.61. The average Bonchev–Trinajstić information content (AvgIpc) is 3.51. The molecule has 0 amide bonds. The normalized spacial score (nSPS) is 11.9. The van der Waals surface area contributed by atoms with Crippen molar-refractivity contribution in [3.63, 3.8) is 0 Å². The minimum absolute atomic E-state index is 0.281. The van der Waals surface area contributed by atoms with Crippen LogP contribution in [0, 0.1) is 5.82 Å². The molecule has 4 aromatic heterocycles. The number of aromatic amines is 2. The number of hydrogen-bond donors (Lipinski definition) is 3. The number of benzene rings is 2. The summed E-state index contributed by atoms with van der Waals surface area (Å²) in [6, 6.07) is 22.8. The van der Waals surface area contributed by atoms with Gasteiger partial charge in [0.1, 0.15) is 17.0 Å². The van der Waals surface area contributed by atoms with E-state index in [2.05, 4.69) is 36.6 Å². The van der Waals surface area contributed by atoms with Crippen molar-refractivity contribution >= 4 is 43.1 Å². The van der Waals surface area contributed by atoms with Crippen molar-refractivity contribution < 1.29 is 4.39 Å². The number of nitrogens with zero attached hydrogens (tertiary/aromatic N) is 3. The van der Waals surface area contributed by atoms with Crippen LogP contribution in [-0.4, -0.2) is 43.1 Å². The Balaban J connectivity index is 1.44. The van der Waals surface area contributed by atoms with Gasteiger partial charge in [-0.25, -0.2) is 9.37 Å². The van der Waals surface area contributed by atoms with Crippen LogP contribution in [-0.2, 0) is 6.54 Å². The molecule has 2 aromatic carbocycles. The Morgan fingerprint density at radius 3 is 2.65 bits per heavy atom. The van der Waals surface area contributed by atoms with Crippen molar-refractivity contribution in [3.8, 4) is 33.9 Å². The average molecular weight is 509 g/mol. The van der Waals surface area contributed by atoms with E-state index >= 15 is 0 Å². The lowest BCUT2D eigenvalue weighted by molar-refractivity contribution is 0.625. The molecule has 0 saturated carbocycles. The largest absolute Gasteiger partial charge is 0.353 e. The number of halogens is 1. The summed E-state index contributed by atoms with van der Waals surface area (Å²) in [4.78, 5) is 12.8. The van der Waals surface area contributed by atoms with E-state index in [0.29, 0.717) is 12.2 Å². The maximum Gasteiger partial charge on any atom is 0.135 e. The first-order chi connectivity index (χ1) is 17.8. The van der Waals surface area contributed by atoms with Gasteiger partial charge in [0.25, 0.3) is 0 Å². The summed E-state index contributed by atoms with van der Waals surface area (Å²) >= 11 is 0. The van der Waals surface area contributed by atoms with Gasteiger partial charge < -0.3 is 4.98 Å². The van der Waals surface area contributed by atoms with Gasteiger partial charge in [-0.15, -0.1) is 0 Å². The quantitative estimate of drug-likeness (QED) is 0.231. The zero-order chi connectivity index (χ0) is 25.6. The SMILES string of the molecule is C=S(=C)(C)NCc1cc(F)cc(-c2cccc3[nH]c(-c4n[nH]c5ccc(-c6ccccn6)nc45)cc23)c1. The lowest BCUT2D eigenvalue weighted by atomic mass is 9.99. The Bertz CT molecular complexity index is 1870. The van der Waals surface area contributed by atoms with Gasteiger partial charge in [0.15, 0.2) is 0 Å². The standard InChI is InChI=1S/C29H25FN6S/c1-37(2,3)32-17-18-13-19(15-20(30)14-18)21-7-6-9-23-22(21)16-27(33-23)29-28-26(35-36-29)11-10-25(34-28)24-8-4-5-12-31-24/h4-16,32-33H,1-2,17H2,3H3,(H,35,36). The van der Waals surface area contributed by atoms with E-state index in [1.165, 1.54) is 0 Å². The Labute approximate surface area is 214 Å². The van der Waals surface area contributed by atoms with E-state index in [4.69, 9.17) is 4.98 Å². The number of hydrogen-bond acceptors (Lipinski definition) is 4. The highest BCUT2D eigenvalue weighted by Gasteiger charge is 2.16. The van der Waals surface area contributed by atoms with Crippen LogP contribution in [0.4, 0.5) is 4.39 Å². The van der Waals surface area contributed by atoms with Gasteiger partial charge >= 0.3 is 0 Å². The number of fused-ring (bicyclic) bond motifs is 2. The van der Waals surface area contributed by atoms with Crippen molar-refractivity contribution in [1.29, 1.82) is 0 Å². The zero-order valence-corrected chi connectivity index (χ0v) is 21.1. The molecule has 6 rings (SSSR count). The maximum absolute atomic E-state index is 14.6. The monoisotopic (exact) mass is 508 g/mol. The predicted octanol–water partition coefficient (Wildman–Crippen LogP) is 6.28. The Hall–Kier alpha value is -4.27. The van der Waals surface area contributed by atoms with Crippen LogP contribution >= 0.6 is 9.39 Å². The third-order valence-electron chi connectivity index (χ3n) is 6.15. The second-order valence-corrected chi connectivity index (χ2v) is 12.1. The highest BCUT2D eigenvalue weighted by Crippen LogP contribution is 2.35. The van der Waals surface area contributed by atoms with E-state index in [9.17, 15) is 4.39 Å². The summed E-state index contributed by atoms with van der Waals surface area (Å²) < 4.78 is 17.9. The Kier molecular flexibility index (Phi) is 5.62. The van der Waals surface area contributed by atoms with E-state index in [1.54, 1.807) is 18.3 Å². The molecule has 0 aliphatic rings. The number of H-pyrrole nitrogens is 2. The molecule has 0 radical (unpaired) electrons. The minimum atomic E-state index is -1.41. The molecule has 0 aliphatic carbocycles. The molecule has 0 aliphatic heterocycles. The lowest BCUT2D eigenvalue weighted by Gasteiger charge is -2.12. The van der Waals surface area contributed by atoms with Crippen LogP contribution in [0.15, 0.2) is 79.0 Å². The molecular weight excluding hydrogens is 483 g/mol. The van der Waals surface area contributed by atoms with Crippen molar-refractivity contribution in [2.45, 2.75) is 6.54 Å². The van der Waals surface area contributed by atoms with Crippen LogP contribution in [0.25, 0.3) is 55.8 Å². The highest BCUT2D eigenvalue weighted by molar-refractivity contribution is 8.25. The lowest BCUT2D eigenvalue weighted by Crippen LogP contribution is -2.08. The molecule has 0 spiro atoms. The molecule has 6 nitrogen and oxygen atoms in total. The van der Waals surface area contributed by atoms with Gasteiger partial charge in [-0.05, 0) is 77.5 Å². The minimum Gasteiger partial charge on any atom is -0.353 e. The van der Waals surface area contributed by atoms with Crippen LogP contribution in [0.5, 0.6) is 0 Å². The third-order valence-corrected chi connectivity index (χ3v) is 6.99. The van der Waals surface area contributed by atoms with E-state index in [1.807, 2.05) is 66.9 Å². The molecule has 3 N–H and O–H groups in total. The van der Waals surface area contributed by atoms with Crippen molar-refractivity contribution in [2.75, 3.05) is 6.26 Å². The molecule has 8 heteroatoms. The van der Waals surface area contributed by atoms with Gasteiger partial charge in [-0.3, -0.25) is 14.8 Å². The molecule has 0 atom stereocenters. The van der Waals surface area contributed by atoms with Gasteiger partial charge in [0, 0.05) is 23.6 Å². The molecule has 0 bridgehead atoms. The Morgan fingerprint density at radius 2 is 1.84 bits per heavy atom. The molecule has 6 aromatic rings. The fraction of sp³-hybridized carbons (Fsp3) is 0.0690. The van der Waals surface area contributed by atoms with Gasteiger partial charge in [0.2, 0.25) is 0 Å². The van der Waals surface area contributed by atoms with Crippen LogP contribution in [0.1, 0.15) is 5.56 Å². The maximum atomic E-state index is 14.6. The third kappa shape index (κ3) is 4.64. The molecular formula is C29H25FN6S. The van der Waals surface area contributed by atoms with E-state index < -0.39 is 9.39 Å².